The maximum atomic E-state index is 12.6. The van der Waals surface area contributed by atoms with Crippen LogP contribution in [0.2, 0.25) is 0 Å². The molecule has 1 aliphatic carbocycles. The van der Waals surface area contributed by atoms with Crippen LogP contribution in [-0.4, -0.2) is 11.6 Å². The maximum Gasteiger partial charge on any atom is 0.416 e. The van der Waals surface area contributed by atoms with Gasteiger partial charge in [-0.25, -0.2) is 0 Å². The molecule has 0 bridgehead atoms. The lowest BCUT2D eigenvalue weighted by Crippen LogP contribution is -2.12. The molecule has 0 unspecified atom stereocenters. The molecule has 0 spiro atoms. The van der Waals surface area contributed by atoms with E-state index < -0.39 is 11.7 Å². The SMILES string of the molecule is Nc1cc(C(F)(F)F)cc(OCC2CCCC2)n1. The average Bonchev–Trinajstić information content (AvgIpc) is 2.77. The van der Waals surface area contributed by atoms with E-state index in [1.807, 2.05) is 0 Å². The van der Waals surface area contributed by atoms with Gasteiger partial charge in [0.1, 0.15) is 5.82 Å². The van der Waals surface area contributed by atoms with Crippen LogP contribution in [0.15, 0.2) is 12.1 Å². The van der Waals surface area contributed by atoms with Crippen LogP contribution in [0, 0.1) is 5.92 Å². The quantitative estimate of drug-likeness (QED) is 0.907. The number of nitrogens with zero attached hydrogens (tertiary/aromatic N) is 1. The lowest BCUT2D eigenvalue weighted by molar-refractivity contribution is -0.137. The molecule has 100 valence electrons. The molecule has 0 amide bonds. The molecule has 0 aliphatic heterocycles. The third kappa shape index (κ3) is 3.27. The number of hydrogen-bond acceptors (Lipinski definition) is 3. The fraction of sp³-hybridized carbons (Fsp3) is 0.583. The number of nitrogen functional groups attached to an aromatic ring is 1. The van der Waals surface area contributed by atoms with Gasteiger partial charge in [-0.1, -0.05) is 12.8 Å². The third-order valence-electron chi connectivity index (χ3n) is 3.09. The van der Waals surface area contributed by atoms with Gasteiger partial charge in [0.05, 0.1) is 12.2 Å². The number of nitrogens with two attached hydrogens (primary N) is 1. The van der Waals surface area contributed by atoms with Crippen LogP contribution in [0.3, 0.4) is 0 Å². The second-order valence-corrected chi connectivity index (χ2v) is 4.58. The van der Waals surface area contributed by atoms with E-state index in [1.54, 1.807) is 0 Å². The van der Waals surface area contributed by atoms with Crippen molar-refractivity contribution in [2.75, 3.05) is 12.3 Å². The van der Waals surface area contributed by atoms with Crippen molar-refractivity contribution >= 4 is 5.82 Å². The predicted octanol–water partition coefficient (Wildman–Crippen LogP) is 3.25. The first-order valence-corrected chi connectivity index (χ1v) is 5.93. The predicted molar refractivity (Wildman–Crippen MR) is 61.1 cm³/mol. The molecule has 2 N–H and O–H groups in total. The van der Waals surface area contributed by atoms with Crippen LogP contribution < -0.4 is 10.5 Å². The zero-order valence-corrected chi connectivity index (χ0v) is 9.83. The number of aromatic nitrogens is 1. The number of anilines is 1. The van der Waals surface area contributed by atoms with E-state index in [9.17, 15) is 13.2 Å². The lowest BCUT2D eigenvalue weighted by Gasteiger charge is -2.13. The van der Waals surface area contributed by atoms with E-state index in [0.717, 1.165) is 37.8 Å². The van der Waals surface area contributed by atoms with Gasteiger partial charge >= 0.3 is 6.18 Å². The minimum absolute atomic E-state index is 0.0470. The number of hydrogen-bond donors (Lipinski definition) is 1. The van der Waals surface area contributed by atoms with Crippen LogP contribution in [0.1, 0.15) is 31.2 Å². The maximum absolute atomic E-state index is 12.6. The minimum atomic E-state index is -4.43. The Morgan fingerprint density at radius 1 is 1.28 bits per heavy atom. The fourth-order valence-corrected chi connectivity index (χ4v) is 2.14. The first-order valence-electron chi connectivity index (χ1n) is 5.93. The fourth-order valence-electron chi connectivity index (χ4n) is 2.14. The number of rotatable bonds is 3. The van der Waals surface area contributed by atoms with Crippen LogP contribution >= 0.6 is 0 Å². The van der Waals surface area contributed by atoms with Crippen LogP contribution in [0.5, 0.6) is 5.88 Å². The highest BCUT2D eigenvalue weighted by atomic mass is 19.4. The molecule has 0 saturated heterocycles. The Hall–Kier alpha value is -1.46. The van der Waals surface area contributed by atoms with Gasteiger partial charge in [0.25, 0.3) is 0 Å². The van der Waals surface area contributed by atoms with Gasteiger partial charge in [-0.15, -0.1) is 0 Å². The standard InChI is InChI=1S/C12H15F3N2O/c13-12(14,15)9-5-10(16)17-11(6-9)18-7-8-3-1-2-4-8/h5-6,8H,1-4,7H2,(H2,16,17). The Labute approximate surface area is 103 Å². The van der Waals surface area contributed by atoms with Crippen molar-refractivity contribution in [1.82, 2.24) is 4.98 Å². The highest BCUT2D eigenvalue weighted by molar-refractivity contribution is 5.38. The second-order valence-electron chi connectivity index (χ2n) is 4.58. The summed E-state index contributed by atoms with van der Waals surface area (Å²) in [6.07, 6.45) is 0.0176. The summed E-state index contributed by atoms with van der Waals surface area (Å²) in [7, 11) is 0. The molecular weight excluding hydrogens is 245 g/mol. The number of alkyl halides is 3. The molecule has 1 saturated carbocycles. The molecule has 0 radical (unpaired) electrons. The molecule has 1 fully saturated rings. The molecule has 2 rings (SSSR count). The summed E-state index contributed by atoms with van der Waals surface area (Å²) >= 11 is 0. The zero-order chi connectivity index (χ0) is 13.2. The van der Waals surface area contributed by atoms with Crippen molar-refractivity contribution in [3.63, 3.8) is 0 Å². The van der Waals surface area contributed by atoms with Gasteiger partial charge < -0.3 is 10.5 Å². The summed E-state index contributed by atoms with van der Waals surface area (Å²) < 4.78 is 43.0. The van der Waals surface area contributed by atoms with Gasteiger partial charge in [0.2, 0.25) is 5.88 Å². The molecule has 1 aromatic rings. The third-order valence-corrected chi connectivity index (χ3v) is 3.09. The minimum Gasteiger partial charge on any atom is -0.477 e. The Balaban J connectivity index is 2.05. The zero-order valence-electron chi connectivity index (χ0n) is 9.83. The van der Waals surface area contributed by atoms with E-state index in [0.29, 0.717) is 12.5 Å². The summed E-state index contributed by atoms with van der Waals surface area (Å²) in [6.45, 7) is 0.410. The molecular formula is C12H15F3N2O. The molecule has 1 aliphatic rings. The number of halogens is 3. The summed E-state index contributed by atoms with van der Waals surface area (Å²) in [5.41, 5.74) is 4.53. The van der Waals surface area contributed by atoms with Crippen molar-refractivity contribution in [3.05, 3.63) is 17.7 Å². The summed E-state index contributed by atoms with van der Waals surface area (Å²) in [4.78, 5) is 3.76. The van der Waals surface area contributed by atoms with Crippen LogP contribution in [0.4, 0.5) is 19.0 Å². The van der Waals surface area contributed by atoms with Crippen molar-refractivity contribution in [3.8, 4) is 5.88 Å². The number of pyridine rings is 1. The van der Waals surface area contributed by atoms with Crippen molar-refractivity contribution in [1.29, 1.82) is 0 Å². The van der Waals surface area contributed by atoms with E-state index >= 15 is 0 Å². The first kappa shape index (κ1) is 13.0. The molecule has 3 nitrogen and oxygen atoms in total. The first-order chi connectivity index (χ1) is 8.45. The van der Waals surface area contributed by atoms with Gasteiger partial charge in [-0.05, 0) is 24.8 Å². The Morgan fingerprint density at radius 2 is 1.94 bits per heavy atom. The molecule has 1 heterocycles. The molecule has 0 aromatic carbocycles. The van der Waals surface area contributed by atoms with Crippen LogP contribution in [-0.2, 0) is 6.18 Å². The number of ether oxygens (including phenoxy) is 1. The lowest BCUT2D eigenvalue weighted by atomic mass is 10.1. The smallest absolute Gasteiger partial charge is 0.416 e. The van der Waals surface area contributed by atoms with E-state index in [4.69, 9.17) is 10.5 Å². The van der Waals surface area contributed by atoms with E-state index in [2.05, 4.69) is 4.98 Å². The summed E-state index contributed by atoms with van der Waals surface area (Å²) in [6, 6.07) is 1.70. The van der Waals surface area contributed by atoms with Gasteiger partial charge in [-0.3, -0.25) is 0 Å². The topological polar surface area (TPSA) is 48.1 Å². The monoisotopic (exact) mass is 260 g/mol. The Morgan fingerprint density at radius 3 is 2.56 bits per heavy atom. The Kier molecular flexibility index (Phi) is 3.63. The summed E-state index contributed by atoms with van der Waals surface area (Å²) in [5, 5.41) is 0. The largest absolute Gasteiger partial charge is 0.477 e. The van der Waals surface area contributed by atoms with Crippen molar-refractivity contribution in [2.24, 2.45) is 5.92 Å². The Bertz CT molecular complexity index is 414. The highest BCUT2D eigenvalue weighted by Crippen LogP contribution is 2.32. The summed E-state index contributed by atoms with van der Waals surface area (Å²) in [5.74, 6) is 0.197. The van der Waals surface area contributed by atoms with Gasteiger partial charge in [0, 0.05) is 6.07 Å². The van der Waals surface area contributed by atoms with Crippen LogP contribution in [0.25, 0.3) is 0 Å². The van der Waals surface area contributed by atoms with Crippen molar-refractivity contribution in [2.45, 2.75) is 31.9 Å². The van der Waals surface area contributed by atoms with E-state index in [1.165, 1.54) is 0 Å². The average molecular weight is 260 g/mol. The van der Waals surface area contributed by atoms with Gasteiger partial charge in [-0.2, -0.15) is 18.2 Å². The van der Waals surface area contributed by atoms with E-state index in [-0.39, 0.29) is 11.7 Å². The van der Waals surface area contributed by atoms with Crippen molar-refractivity contribution < 1.29 is 17.9 Å². The molecule has 6 heteroatoms. The molecule has 0 atom stereocenters. The second kappa shape index (κ2) is 5.04. The molecule has 18 heavy (non-hydrogen) atoms. The highest BCUT2D eigenvalue weighted by Gasteiger charge is 2.31. The molecule has 1 aromatic heterocycles. The normalized spacial score (nSPS) is 17.1. The van der Waals surface area contributed by atoms with Gasteiger partial charge in [0.15, 0.2) is 0 Å².